The van der Waals surface area contributed by atoms with E-state index in [4.69, 9.17) is 5.11 Å². The van der Waals surface area contributed by atoms with Crippen molar-refractivity contribution < 1.29 is 18.3 Å². The topological polar surface area (TPSA) is 114 Å². The second-order valence-electron chi connectivity index (χ2n) is 4.13. The van der Waals surface area contributed by atoms with Gasteiger partial charge in [-0.15, -0.1) is 5.10 Å². The van der Waals surface area contributed by atoms with Gasteiger partial charge in [0.2, 0.25) is 5.03 Å². The maximum atomic E-state index is 12.2. The Hall–Kier alpha value is -1.00. The van der Waals surface area contributed by atoms with Gasteiger partial charge in [0.25, 0.3) is 10.0 Å². The van der Waals surface area contributed by atoms with Crippen LogP contribution in [-0.4, -0.2) is 40.5 Å². The Balaban J connectivity index is 3.12. The van der Waals surface area contributed by atoms with E-state index in [-0.39, 0.29) is 15.5 Å². The fourth-order valence-corrected chi connectivity index (χ4v) is 3.87. The van der Waals surface area contributed by atoms with Crippen molar-refractivity contribution in [2.24, 2.45) is 13.0 Å². The quantitative estimate of drug-likeness (QED) is 0.761. The first kappa shape index (κ1) is 16.1. The molecule has 10 heteroatoms. The Morgan fingerprint density at radius 1 is 1.58 bits per heavy atom. The lowest BCUT2D eigenvalue weighted by atomic mass is 10.0. The monoisotopic (exact) mass is 354 g/mol. The van der Waals surface area contributed by atoms with Crippen molar-refractivity contribution in [1.82, 2.24) is 19.7 Å². The molecule has 1 aromatic rings. The van der Waals surface area contributed by atoms with Gasteiger partial charge >= 0.3 is 5.97 Å². The maximum Gasteiger partial charge on any atom is 0.322 e. The third-order valence-electron chi connectivity index (χ3n) is 2.75. The molecule has 0 aliphatic heterocycles. The third-order valence-corrected chi connectivity index (χ3v) is 5.08. The van der Waals surface area contributed by atoms with Crippen molar-refractivity contribution in [3.05, 3.63) is 4.60 Å². The first-order valence-electron chi connectivity index (χ1n) is 5.51. The highest BCUT2D eigenvalue weighted by molar-refractivity contribution is 9.10. The molecule has 1 rings (SSSR count). The minimum Gasteiger partial charge on any atom is -0.480 e. The number of halogens is 1. The summed E-state index contributed by atoms with van der Waals surface area (Å²) in [7, 11) is -2.61. The molecule has 0 radical (unpaired) electrons. The second-order valence-corrected chi connectivity index (χ2v) is 6.51. The van der Waals surface area contributed by atoms with E-state index in [0.29, 0.717) is 6.42 Å². The van der Waals surface area contributed by atoms with Crippen molar-refractivity contribution in [2.75, 3.05) is 0 Å². The highest BCUT2D eigenvalue weighted by Gasteiger charge is 2.32. The van der Waals surface area contributed by atoms with Gasteiger partial charge in [-0.2, -0.15) is 4.72 Å². The summed E-state index contributed by atoms with van der Waals surface area (Å²) in [5.74, 6) is -1.56. The van der Waals surface area contributed by atoms with Crippen molar-refractivity contribution in [3.8, 4) is 0 Å². The van der Waals surface area contributed by atoms with Crippen molar-refractivity contribution in [3.63, 3.8) is 0 Å². The summed E-state index contributed by atoms with van der Waals surface area (Å²) >= 11 is 2.97. The fourth-order valence-electron chi connectivity index (χ4n) is 1.48. The number of carboxylic acids is 1. The van der Waals surface area contributed by atoms with Crippen LogP contribution in [0.3, 0.4) is 0 Å². The van der Waals surface area contributed by atoms with E-state index in [1.807, 2.05) is 0 Å². The predicted octanol–water partition coefficient (Wildman–Crippen LogP) is 0.355. The second kappa shape index (κ2) is 5.97. The Bertz CT molecular complexity index is 551. The molecule has 1 heterocycles. The predicted molar refractivity (Wildman–Crippen MR) is 69.9 cm³/mol. The van der Waals surface area contributed by atoms with Gasteiger partial charge in [0, 0.05) is 7.05 Å². The SMILES string of the molecule is CC[C@H](C)[C@H](NS(=O)(=O)c1c(Br)nnn1C)C(=O)O. The molecule has 0 saturated heterocycles. The molecule has 0 spiro atoms. The molecule has 0 amide bonds. The van der Waals surface area contributed by atoms with E-state index >= 15 is 0 Å². The standard InChI is InChI=1S/C9H15BrN4O4S/c1-4-5(2)6(9(15)16)12-19(17,18)8-7(10)11-13-14(8)3/h5-6,12H,4H2,1-3H3,(H,15,16)/t5-,6-/m0/s1. The van der Waals surface area contributed by atoms with Gasteiger partial charge < -0.3 is 5.11 Å². The molecular formula is C9H15BrN4O4S. The van der Waals surface area contributed by atoms with Gasteiger partial charge in [-0.05, 0) is 21.8 Å². The first-order valence-corrected chi connectivity index (χ1v) is 7.78. The van der Waals surface area contributed by atoms with E-state index in [2.05, 4.69) is 31.0 Å². The number of hydrogen-bond donors (Lipinski definition) is 2. The molecule has 108 valence electrons. The molecule has 0 bridgehead atoms. The molecule has 2 N–H and O–H groups in total. The van der Waals surface area contributed by atoms with Crippen molar-refractivity contribution >= 4 is 31.9 Å². The largest absolute Gasteiger partial charge is 0.480 e. The highest BCUT2D eigenvalue weighted by Crippen LogP contribution is 2.19. The number of carbonyl (C=O) groups is 1. The zero-order chi connectivity index (χ0) is 14.8. The molecule has 0 aliphatic carbocycles. The van der Waals surface area contributed by atoms with Crippen LogP contribution in [0, 0.1) is 5.92 Å². The Labute approximate surface area is 119 Å². The number of rotatable bonds is 6. The van der Waals surface area contributed by atoms with Gasteiger partial charge in [0.1, 0.15) is 6.04 Å². The zero-order valence-electron chi connectivity index (χ0n) is 10.7. The average molecular weight is 355 g/mol. The van der Waals surface area contributed by atoms with Gasteiger partial charge in [-0.1, -0.05) is 25.5 Å². The molecule has 0 unspecified atom stereocenters. The fraction of sp³-hybridized carbons (Fsp3) is 0.667. The van der Waals surface area contributed by atoms with E-state index < -0.39 is 22.0 Å². The molecule has 2 atom stereocenters. The highest BCUT2D eigenvalue weighted by atomic mass is 79.9. The van der Waals surface area contributed by atoms with Crippen LogP contribution >= 0.6 is 15.9 Å². The van der Waals surface area contributed by atoms with Gasteiger partial charge in [-0.25, -0.2) is 13.1 Å². The van der Waals surface area contributed by atoms with Crippen molar-refractivity contribution in [1.29, 1.82) is 0 Å². The van der Waals surface area contributed by atoms with Crippen LogP contribution in [0.2, 0.25) is 0 Å². The van der Waals surface area contributed by atoms with Gasteiger partial charge in [-0.3, -0.25) is 4.79 Å². The lowest BCUT2D eigenvalue weighted by Crippen LogP contribution is -2.45. The number of aromatic nitrogens is 3. The third kappa shape index (κ3) is 3.51. The summed E-state index contributed by atoms with van der Waals surface area (Å²) in [6.07, 6.45) is 0.532. The van der Waals surface area contributed by atoms with E-state index in [1.165, 1.54) is 7.05 Å². The van der Waals surface area contributed by atoms with E-state index in [9.17, 15) is 13.2 Å². The zero-order valence-corrected chi connectivity index (χ0v) is 13.1. The average Bonchev–Trinajstić information content (AvgIpc) is 2.65. The summed E-state index contributed by atoms with van der Waals surface area (Å²) < 4.78 is 27.6. The Kier molecular flexibility index (Phi) is 5.04. The summed E-state index contributed by atoms with van der Waals surface area (Å²) in [5, 5.41) is 16.0. The summed E-state index contributed by atoms with van der Waals surface area (Å²) in [5.41, 5.74) is 0. The summed E-state index contributed by atoms with van der Waals surface area (Å²) in [4.78, 5) is 11.1. The van der Waals surface area contributed by atoms with Crippen molar-refractivity contribution in [2.45, 2.75) is 31.3 Å². The smallest absolute Gasteiger partial charge is 0.322 e. The Morgan fingerprint density at radius 2 is 2.16 bits per heavy atom. The van der Waals surface area contributed by atoms with E-state index in [1.54, 1.807) is 13.8 Å². The number of nitrogens with zero attached hydrogens (tertiary/aromatic N) is 3. The van der Waals surface area contributed by atoms with Gasteiger partial charge in [0.05, 0.1) is 0 Å². The summed E-state index contributed by atoms with van der Waals surface area (Å²) in [6.45, 7) is 3.45. The van der Waals surface area contributed by atoms with Crippen LogP contribution in [0.1, 0.15) is 20.3 Å². The van der Waals surface area contributed by atoms with E-state index in [0.717, 1.165) is 4.68 Å². The number of aryl methyl sites for hydroxylation is 1. The van der Waals surface area contributed by atoms with Gasteiger partial charge in [0.15, 0.2) is 4.60 Å². The summed E-state index contributed by atoms with van der Waals surface area (Å²) in [6, 6.07) is -1.20. The molecule has 0 saturated carbocycles. The normalized spacial score (nSPS) is 15.2. The molecule has 0 aliphatic rings. The van der Waals surface area contributed by atoms with Crippen LogP contribution in [0.5, 0.6) is 0 Å². The minimum atomic E-state index is -4.02. The maximum absolute atomic E-state index is 12.2. The van der Waals surface area contributed by atoms with Crippen LogP contribution in [0.25, 0.3) is 0 Å². The number of sulfonamides is 1. The molecule has 0 aromatic carbocycles. The number of nitrogens with one attached hydrogen (secondary N) is 1. The molecule has 19 heavy (non-hydrogen) atoms. The molecular weight excluding hydrogens is 340 g/mol. The van der Waals surface area contributed by atoms with Crippen LogP contribution < -0.4 is 4.72 Å². The number of hydrogen-bond acceptors (Lipinski definition) is 5. The molecule has 0 fully saturated rings. The van der Waals surface area contributed by atoms with Crippen LogP contribution in [0.4, 0.5) is 0 Å². The minimum absolute atomic E-state index is 0.0378. The lowest BCUT2D eigenvalue weighted by molar-refractivity contribution is -0.140. The first-order chi connectivity index (χ1) is 8.70. The number of aliphatic carboxylic acids is 1. The molecule has 1 aromatic heterocycles. The van der Waals surface area contributed by atoms with Crippen LogP contribution in [-0.2, 0) is 21.9 Å². The Morgan fingerprint density at radius 3 is 2.53 bits per heavy atom. The lowest BCUT2D eigenvalue weighted by Gasteiger charge is -2.19. The molecule has 8 nitrogen and oxygen atoms in total. The number of carboxylic acid groups (broad SMARTS) is 1. The van der Waals surface area contributed by atoms with Crippen LogP contribution in [0.15, 0.2) is 9.63 Å².